The van der Waals surface area contributed by atoms with Crippen LogP contribution in [0.4, 0.5) is 0 Å². The third kappa shape index (κ3) is 4.99. The molecule has 122 valence electrons. The van der Waals surface area contributed by atoms with Crippen molar-refractivity contribution in [3.8, 4) is 0 Å². The van der Waals surface area contributed by atoms with Gasteiger partial charge in [0.1, 0.15) is 5.54 Å². The number of carboxylic acids is 1. The highest BCUT2D eigenvalue weighted by Gasteiger charge is 2.42. The monoisotopic (exact) mass is 298 g/mol. The fraction of sp³-hybridized carbons (Fsp3) is 0.875. The first-order valence-electron chi connectivity index (χ1n) is 7.96. The lowest BCUT2D eigenvalue weighted by atomic mass is 9.76. The third-order valence-corrected chi connectivity index (χ3v) is 4.70. The summed E-state index contributed by atoms with van der Waals surface area (Å²) in [5.74, 6) is -0.675. The van der Waals surface area contributed by atoms with Gasteiger partial charge in [0.25, 0.3) is 0 Å². The number of carbonyl (C=O) groups excluding carboxylic acids is 1. The largest absolute Gasteiger partial charge is 0.480 e. The first-order valence-corrected chi connectivity index (χ1v) is 7.96. The zero-order chi connectivity index (χ0) is 16.1. The van der Waals surface area contributed by atoms with Gasteiger partial charge in [-0.1, -0.05) is 33.6 Å². The van der Waals surface area contributed by atoms with E-state index >= 15 is 0 Å². The number of nitrogens with two attached hydrogens (primary N) is 1. The van der Waals surface area contributed by atoms with E-state index in [2.05, 4.69) is 26.1 Å². The van der Waals surface area contributed by atoms with E-state index in [-0.39, 0.29) is 11.3 Å². The molecule has 1 amide bonds. The molecule has 0 aliphatic heterocycles. The minimum Gasteiger partial charge on any atom is -0.480 e. The number of carboxylic acid groups (broad SMARTS) is 1. The molecule has 1 aliphatic carbocycles. The zero-order valence-corrected chi connectivity index (χ0v) is 13.6. The lowest BCUT2D eigenvalue weighted by Crippen LogP contribution is -2.52. The van der Waals surface area contributed by atoms with Gasteiger partial charge in [-0.25, -0.2) is 4.79 Å². The Morgan fingerprint density at radius 3 is 2.24 bits per heavy atom. The topological polar surface area (TPSA) is 92.4 Å². The maximum Gasteiger partial charge on any atom is 0.329 e. The molecule has 1 atom stereocenters. The van der Waals surface area contributed by atoms with Gasteiger partial charge in [-0.15, -0.1) is 0 Å². The zero-order valence-electron chi connectivity index (χ0n) is 13.6. The van der Waals surface area contributed by atoms with Crippen LogP contribution in [0.5, 0.6) is 0 Å². The Bertz CT molecular complexity index is 368. The molecule has 0 bridgehead atoms. The number of amides is 1. The smallest absolute Gasteiger partial charge is 0.329 e. The highest BCUT2D eigenvalue weighted by Crippen LogP contribution is 2.33. The molecular weight excluding hydrogens is 268 g/mol. The minimum absolute atomic E-state index is 0.109. The summed E-state index contributed by atoms with van der Waals surface area (Å²) in [6.45, 7) is 7.07. The number of carbonyl (C=O) groups is 2. The van der Waals surface area contributed by atoms with Crippen molar-refractivity contribution in [1.29, 1.82) is 0 Å². The number of hydrogen-bond acceptors (Lipinski definition) is 3. The number of hydrogen-bond donors (Lipinski definition) is 3. The van der Waals surface area contributed by atoms with Gasteiger partial charge in [0.15, 0.2) is 0 Å². The predicted octanol–water partition coefficient (Wildman–Crippen LogP) is 2.29. The van der Waals surface area contributed by atoms with Crippen LogP contribution in [0.2, 0.25) is 0 Å². The van der Waals surface area contributed by atoms with Gasteiger partial charge in [-0.05, 0) is 43.6 Å². The molecule has 1 saturated carbocycles. The van der Waals surface area contributed by atoms with E-state index < -0.39 is 11.5 Å². The molecule has 0 heterocycles. The van der Waals surface area contributed by atoms with Crippen molar-refractivity contribution >= 4 is 11.9 Å². The quantitative estimate of drug-likeness (QED) is 0.672. The molecule has 5 nitrogen and oxygen atoms in total. The summed E-state index contributed by atoms with van der Waals surface area (Å²) >= 11 is 0. The van der Waals surface area contributed by atoms with Gasteiger partial charge in [0, 0.05) is 6.42 Å². The van der Waals surface area contributed by atoms with Gasteiger partial charge < -0.3 is 16.2 Å². The van der Waals surface area contributed by atoms with Crippen LogP contribution >= 0.6 is 0 Å². The highest BCUT2D eigenvalue weighted by molar-refractivity contribution is 5.87. The first kappa shape index (κ1) is 18.0. The van der Waals surface area contributed by atoms with Gasteiger partial charge >= 0.3 is 5.97 Å². The Morgan fingerprint density at radius 1 is 1.24 bits per heavy atom. The van der Waals surface area contributed by atoms with Crippen LogP contribution in [0.15, 0.2) is 0 Å². The maximum atomic E-state index is 12.1. The molecule has 0 aromatic rings. The molecule has 0 spiro atoms. The van der Waals surface area contributed by atoms with Crippen LogP contribution in [0.3, 0.4) is 0 Å². The van der Waals surface area contributed by atoms with Crippen molar-refractivity contribution < 1.29 is 14.7 Å². The Kier molecular flexibility index (Phi) is 6.20. The average Bonchev–Trinajstić information content (AvgIpc) is 2.82. The highest BCUT2D eigenvalue weighted by atomic mass is 16.4. The average molecular weight is 298 g/mol. The normalized spacial score (nSPS) is 19.2. The molecule has 0 aromatic carbocycles. The molecule has 0 aromatic heterocycles. The lowest BCUT2D eigenvalue weighted by molar-refractivity contribution is -0.147. The van der Waals surface area contributed by atoms with Crippen molar-refractivity contribution in [2.24, 2.45) is 17.1 Å². The van der Waals surface area contributed by atoms with Gasteiger partial charge in [0.05, 0.1) is 0 Å². The Morgan fingerprint density at radius 2 is 1.81 bits per heavy atom. The van der Waals surface area contributed by atoms with E-state index in [1.54, 1.807) is 0 Å². The fourth-order valence-electron chi connectivity index (χ4n) is 3.22. The maximum absolute atomic E-state index is 12.1. The molecule has 1 aliphatic rings. The van der Waals surface area contributed by atoms with E-state index in [1.165, 1.54) is 0 Å². The summed E-state index contributed by atoms with van der Waals surface area (Å²) in [6.07, 6.45) is 4.83. The van der Waals surface area contributed by atoms with E-state index in [1.807, 2.05) is 0 Å². The molecule has 1 unspecified atom stereocenters. The van der Waals surface area contributed by atoms with Crippen LogP contribution in [-0.2, 0) is 9.59 Å². The Hall–Kier alpha value is -1.10. The Balaban J connectivity index is 2.54. The summed E-state index contributed by atoms with van der Waals surface area (Å²) < 4.78 is 0. The van der Waals surface area contributed by atoms with E-state index in [0.717, 1.165) is 25.7 Å². The minimum atomic E-state index is -1.03. The summed E-state index contributed by atoms with van der Waals surface area (Å²) in [7, 11) is 0. The molecule has 5 heteroatoms. The SMILES string of the molecule is CC(C)(C)C(CCN)CCC(=O)NC1(C(=O)O)CCCC1. The van der Waals surface area contributed by atoms with Crippen molar-refractivity contribution in [2.75, 3.05) is 6.54 Å². The molecular formula is C16H30N2O3. The van der Waals surface area contributed by atoms with Crippen LogP contribution in [0.25, 0.3) is 0 Å². The third-order valence-electron chi connectivity index (χ3n) is 4.70. The number of nitrogens with one attached hydrogen (secondary N) is 1. The molecule has 1 fully saturated rings. The second-order valence-corrected chi connectivity index (χ2v) is 7.32. The van der Waals surface area contributed by atoms with Crippen molar-refractivity contribution in [2.45, 2.75) is 71.3 Å². The van der Waals surface area contributed by atoms with E-state index in [9.17, 15) is 14.7 Å². The molecule has 21 heavy (non-hydrogen) atoms. The van der Waals surface area contributed by atoms with E-state index in [0.29, 0.717) is 31.7 Å². The predicted molar refractivity (Wildman–Crippen MR) is 82.8 cm³/mol. The molecule has 4 N–H and O–H groups in total. The molecule has 0 saturated heterocycles. The van der Waals surface area contributed by atoms with Gasteiger partial charge in [-0.3, -0.25) is 4.79 Å². The lowest BCUT2D eigenvalue weighted by Gasteiger charge is -2.31. The second-order valence-electron chi connectivity index (χ2n) is 7.32. The number of rotatable bonds is 7. The summed E-state index contributed by atoms with van der Waals surface area (Å²) in [6, 6.07) is 0. The van der Waals surface area contributed by atoms with Crippen LogP contribution in [-0.4, -0.2) is 29.1 Å². The summed E-state index contributed by atoms with van der Waals surface area (Å²) in [4.78, 5) is 23.6. The van der Waals surface area contributed by atoms with Gasteiger partial charge in [-0.2, -0.15) is 0 Å². The van der Waals surface area contributed by atoms with Crippen LogP contribution in [0, 0.1) is 11.3 Å². The first-order chi connectivity index (χ1) is 9.71. The van der Waals surface area contributed by atoms with Gasteiger partial charge in [0.2, 0.25) is 5.91 Å². The molecule has 1 rings (SSSR count). The number of aliphatic carboxylic acids is 1. The standard InChI is InChI=1S/C16H30N2O3/c1-15(2,3)12(8-11-17)6-7-13(19)18-16(14(20)21)9-4-5-10-16/h12H,4-11,17H2,1-3H3,(H,18,19)(H,20,21). The van der Waals surface area contributed by atoms with Crippen LogP contribution < -0.4 is 11.1 Å². The van der Waals surface area contributed by atoms with Crippen molar-refractivity contribution in [3.05, 3.63) is 0 Å². The summed E-state index contributed by atoms with van der Waals surface area (Å²) in [5, 5.41) is 12.1. The Labute approximate surface area is 127 Å². The van der Waals surface area contributed by atoms with Crippen molar-refractivity contribution in [1.82, 2.24) is 5.32 Å². The fourth-order valence-corrected chi connectivity index (χ4v) is 3.22. The van der Waals surface area contributed by atoms with Crippen LogP contribution in [0.1, 0.15) is 65.7 Å². The van der Waals surface area contributed by atoms with E-state index in [4.69, 9.17) is 5.73 Å². The molecule has 0 radical (unpaired) electrons. The summed E-state index contributed by atoms with van der Waals surface area (Å²) in [5.41, 5.74) is 4.73. The van der Waals surface area contributed by atoms with Crippen molar-refractivity contribution in [3.63, 3.8) is 0 Å². The second kappa shape index (κ2) is 7.25.